The van der Waals surface area contributed by atoms with Crippen LogP contribution in [0, 0.1) is 23.7 Å². The van der Waals surface area contributed by atoms with Crippen molar-refractivity contribution in [2.45, 2.75) is 11.3 Å². The van der Waals surface area contributed by atoms with E-state index in [1.807, 2.05) is 12.2 Å². The van der Waals surface area contributed by atoms with Gasteiger partial charge in [0.1, 0.15) is 0 Å². The number of allylic oxidation sites excluding steroid dienone is 2. The Balaban J connectivity index is 1.76. The van der Waals surface area contributed by atoms with Gasteiger partial charge >= 0.3 is 0 Å². The predicted octanol–water partition coefficient (Wildman–Crippen LogP) is 0.645. The Bertz CT molecular complexity index is 800. The molecule has 2 N–H and O–H groups in total. The topological polar surface area (TPSA) is 97.5 Å². The number of hydrogen-bond acceptors (Lipinski definition) is 4. The lowest BCUT2D eigenvalue weighted by molar-refractivity contribution is -0.123. The Morgan fingerprint density at radius 2 is 1.64 bits per heavy atom. The summed E-state index contributed by atoms with van der Waals surface area (Å²) in [4.78, 5) is 26.3. The number of rotatable bonds is 2. The lowest BCUT2D eigenvalue weighted by atomic mass is 9.85. The molecule has 2 fully saturated rings. The van der Waals surface area contributed by atoms with Gasteiger partial charge in [-0.2, -0.15) is 0 Å². The maximum atomic E-state index is 12.6. The summed E-state index contributed by atoms with van der Waals surface area (Å²) in [6.45, 7) is 0. The fourth-order valence-electron chi connectivity index (χ4n) is 3.96. The van der Waals surface area contributed by atoms with Crippen molar-refractivity contribution in [1.29, 1.82) is 0 Å². The van der Waals surface area contributed by atoms with Gasteiger partial charge in [0.05, 0.1) is 22.4 Å². The first-order chi connectivity index (χ1) is 10.4. The Morgan fingerprint density at radius 3 is 2.18 bits per heavy atom. The number of nitrogens with two attached hydrogens (primary N) is 1. The molecule has 6 nitrogen and oxygen atoms in total. The van der Waals surface area contributed by atoms with Gasteiger partial charge in [-0.15, -0.1) is 0 Å². The standard InChI is InChI=1S/C15H14N2O4S/c16-22(20,21)11-3-1-2-10(7-11)17-14(18)12-8-4-5-9(6-8)13(12)15(17)19/h1-5,7-9,12-13H,6H2,(H2,16,20,21)/t8-,9+,12-,13+. The minimum absolute atomic E-state index is 0.108. The Labute approximate surface area is 127 Å². The first-order valence-electron chi connectivity index (χ1n) is 7.07. The summed E-state index contributed by atoms with van der Waals surface area (Å²) in [5.41, 5.74) is 0.273. The highest BCUT2D eigenvalue weighted by molar-refractivity contribution is 7.89. The third-order valence-corrected chi connectivity index (χ3v) is 5.79. The van der Waals surface area contributed by atoms with Gasteiger partial charge in [-0.1, -0.05) is 18.2 Å². The molecule has 1 aliphatic heterocycles. The molecule has 1 saturated carbocycles. The van der Waals surface area contributed by atoms with Crippen molar-refractivity contribution in [3.8, 4) is 0 Å². The van der Waals surface area contributed by atoms with Crippen LogP contribution in [0.25, 0.3) is 0 Å². The molecule has 1 aromatic carbocycles. The number of hydrogen-bond donors (Lipinski definition) is 1. The van der Waals surface area contributed by atoms with E-state index in [9.17, 15) is 18.0 Å². The van der Waals surface area contributed by atoms with Crippen LogP contribution in [0.3, 0.4) is 0 Å². The molecular formula is C15H14N2O4S. The van der Waals surface area contributed by atoms with Crippen LogP contribution in [-0.2, 0) is 19.6 Å². The molecule has 0 unspecified atom stereocenters. The molecule has 2 bridgehead atoms. The van der Waals surface area contributed by atoms with Crippen LogP contribution in [0.4, 0.5) is 5.69 Å². The first kappa shape index (κ1) is 13.7. The zero-order valence-electron chi connectivity index (χ0n) is 11.5. The Morgan fingerprint density at radius 1 is 1.05 bits per heavy atom. The highest BCUT2D eigenvalue weighted by Gasteiger charge is 2.59. The lowest BCUT2D eigenvalue weighted by Gasteiger charge is -2.17. The number of fused-ring (bicyclic) bond motifs is 5. The summed E-state index contributed by atoms with van der Waals surface area (Å²) in [7, 11) is -3.88. The zero-order chi connectivity index (χ0) is 15.6. The van der Waals surface area contributed by atoms with Gasteiger partial charge in [-0.05, 0) is 36.5 Å². The van der Waals surface area contributed by atoms with Gasteiger partial charge in [-0.25, -0.2) is 18.5 Å². The number of amides is 2. The van der Waals surface area contributed by atoms with Crippen LogP contribution in [0.5, 0.6) is 0 Å². The van der Waals surface area contributed by atoms with E-state index in [1.54, 1.807) is 6.07 Å². The highest BCUT2D eigenvalue weighted by Crippen LogP contribution is 2.53. The fraction of sp³-hybridized carbons (Fsp3) is 0.333. The second-order valence-electron chi connectivity index (χ2n) is 6.05. The second-order valence-corrected chi connectivity index (χ2v) is 7.62. The second kappa shape index (κ2) is 4.27. The first-order valence-corrected chi connectivity index (χ1v) is 8.61. The van der Waals surface area contributed by atoms with Crippen molar-refractivity contribution >= 4 is 27.5 Å². The smallest absolute Gasteiger partial charge is 0.238 e. The van der Waals surface area contributed by atoms with Crippen molar-refractivity contribution in [3.05, 3.63) is 36.4 Å². The van der Waals surface area contributed by atoms with E-state index in [1.165, 1.54) is 18.2 Å². The van der Waals surface area contributed by atoms with E-state index in [2.05, 4.69) is 0 Å². The molecule has 4 rings (SSSR count). The van der Waals surface area contributed by atoms with Crippen LogP contribution in [-0.4, -0.2) is 20.2 Å². The van der Waals surface area contributed by atoms with Gasteiger partial charge in [0.25, 0.3) is 0 Å². The molecule has 1 heterocycles. The van der Waals surface area contributed by atoms with Gasteiger partial charge in [0.15, 0.2) is 0 Å². The van der Waals surface area contributed by atoms with Crippen molar-refractivity contribution in [2.24, 2.45) is 28.8 Å². The number of benzene rings is 1. The summed E-state index contributed by atoms with van der Waals surface area (Å²) in [6, 6.07) is 5.66. The SMILES string of the molecule is NS(=O)(=O)c1cccc(N2C(=O)[C@@H]3[C@H](C2=O)[C@@H]2C=C[C@H]3C2)c1. The molecule has 22 heavy (non-hydrogen) atoms. The average Bonchev–Trinajstić information content (AvgIpc) is 3.12. The maximum Gasteiger partial charge on any atom is 0.238 e. The van der Waals surface area contributed by atoms with Crippen molar-refractivity contribution in [2.75, 3.05) is 4.90 Å². The third-order valence-electron chi connectivity index (χ3n) is 4.87. The number of imide groups is 1. The average molecular weight is 318 g/mol. The van der Waals surface area contributed by atoms with E-state index < -0.39 is 10.0 Å². The van der Waals surface area contributed by atoms with Crippen molar-refractivity contribution < 1.29 is 18.0 Å². The monoisotopic (exact) mass is 318 g/mol. The fourth-order valence-corrected chi connectivity index (χ4v) is 4.51. The number of primary sulfonamides is 1. The van der Waals surface area contributed by atoms with Gasteiger partial charge in [0, 0.05) is 0 Å². The third kappa shape index (κ3) is 1.72. The van der Waals surface area contributed by atoms with Crippen molar-refractivity contribution in [3.63, 3.8) is 0 Å². The van der Waals surface area contributed by atoms with Gasteiger partial charge in [0.2, 0.25) is 21.8 Å². The van der Waals surface area contributed by atoms with Crippen LogP contribution < -0.4 is 10.0 Å². The summed E-state index contributed by atoms with van der Waals surface area (Å²) in [5, 5.41) is 5.11. The van der Waals surface area contributed by atoms with Crippen LogP contribution in [0.2, 0.25) is 0 Å². The molecular weight excluding hydrogens is 304 g/mol. The summed E-state index contributed by atoms with van der Waals surface area (Å²) in [5.74, 6) is -0.839. The molecule has 1 aromatic rings. The quantitative estimate of drug-likeness (QED) is 0.639. The zero-order valence-corrected chi connectivity index (χ0v) is 12.4. The van der Waals surface area contributed by atoms with E-state index in [4.69, 9.17) is 5.14 Å². The molecule has 0 aromatic heterocycles. The molecule has 0 spiro atoms. The lowest BCUT2D eigenvalue weighted by Crippen LogP contribution is -2.33. The van der Waals surface area contributed by atoms with E-state index in [0.29, 0.717) is 0 Å². The number of anilines is 1. The van der Waals surface area contributed by atoms with E-state index >= 15 is 0 Å². The molecule has 114 valence electrons. The molecule has 7 heteroatoms. The van der Waals surface area contributed by atoms with Crippen molar-refractivity contribution in [1.82, 2.24) is 0 Å². The predicted molar refractivity (Wildman–Crippen MR) is 78.0 cm³/mol. The van der Waals surface area contributed by atoms with Crippen LogP contribution in [0.15, 0.2) is 41.3 Å². The molecule has 3 aliphatic rings. The molecule has 2 aliphatic carbocycles. The molecule has 2 amide bonds. The molecule has 1 saturated heterocycles. The summed E-state index contributed by atoms with van der Waals surface area (Å²) >= 11 is 0. The Hall–Kier alpha value is -1.99. The number of sulfonamides is 1. The largest absolute Gasteiger partial charge is 0.274 e. The van der Waals surface area contributed by atoms with Gasteiger partial charge < -0.3 is 0 Å². The van der Waals surface area contributed by atoms with Crippen LogP contribution in [0.1, 0.15) is 6.42 Å². The summed E-state index contributed by atoms with van der Waals surface area (Å²) in [6.07, 6.45) is 4.89. The van der Waals surface area contributed by atoms with E-state index in [-0.39, 0.29) is 46.1 Å². The highest BCUT2D eigenvalue weighted by atomic mass is 32.2. The number of carbonyl (C=O) groups excluding carboxylic acids is 2. The minimum atomic E-state index is -3.88. The number of carbonyl (C=O) groups is 2. The molecule has 0 radical (unpaired) electrons. The van der Waals surface area contributed by atoms with Gasteiger partial charge in [-0.3, -0.25) is 9.59 Å². The number of nitrogens with zero attached hydrogens (tertiary/aromatic N) is 1. The summed E-state index contributed by atoms with van der Waals surface area (Å²) < 4.78 is 22.9. The normalized spacial score (nSPS) is 32.9. The maximum absolute atomic E-state index is 12.6. The Kier molecular flexibility index (Phi) is 2.65. The minimum Gasteiger partial charge on any atom is -0.274 e. The van der Waals surface area contributed by atoms with Crippen LogP contribution >= 0.6 is 0 Å². The van der Waals surface area contributed by atoms with E-state index in [0.717, 1.165) is 11.3 Å². The molecule has 4 atom stereocenters.